The summed E-state index contributed by atoms with van der Waals surface area (Å²) in [6.07, 6.45) is 6.20. The third-order valence-electron chi connectivity index (χ3n) is 10.6. The predicted octanol–water partition coefficient (Wildman–Crippen LogP) is 13.3. The average molecular weight is 682 g/mol. The lowest BCUT2D eigenvalue weighted by molar-refractivity contribution is 0.669. The lowest BCUT2D eigenvalue weighted by atomic mass is 10.1. The van der Waals surface area contributed by atoms with Crippen molar-refractivity contribution in [3.05, 3.63) is 163 Å². The molecule has 0 N–H and O–H groups in total. The fourth-order valence-corrected chi connectivity index (χ4v) is 8.35. The lowest BCUT2D eigenvalue weighted by Gasteiger charge is -2.10. The molecule has 0 amide bonds. The van der Waals surface area contributed by atoms with Crippen molar-refractivity contribution < 1.29 is 8.83 Å². The molecule has 53 heavy (non-hydrogen) atoms. The highest BCUT2D eigenvalue weighted by Gasteiger charge is 2.21. The topological polar surface area (TPSA) is 49.0 Å². The monoisotopic (exact) mass is 681 g/mol. The van der Waals surface area contributed by atoms with Gasteiger partial charge in [-0.3, -0.25) is 4.57 Å². The molecule has 5 heteroatoms. The summed E-state index contributed by atoms with van der Waals surface area (Å²) in [4.78, 5) is 5.27. The molecule has 0 saturated heterocycles. The summed E-state index contributed by atoms with van der Waals surface area (Å²) >= 11 is 0. The standard InChI is InChI=1S/C48H31N3O2/c1-3-12-39-31(4-2)32-13-5-8-17-40(32)50(39)30-22-26-45-37(28-30)34-23-24-42-47(48(34)53-45)35-15-6-9-18-41(35)51(42)46-20-11-16-38(49-46)29-21-25-44-36(27-29)33-14-7-10-19-43(33)52-44/h3-28H,2H2,1H3/b12-3-. The zero-order chi connectivity index (χ0) is 35.2. The maximum absolute atomic E-state index is 6.78. The molecular weight excluding hydrogens is 651 g/mol. The zero-order valence-corrected chi connectivity index (χ0v) is 28.9. The molecule has 11 rings (SSSR count). The van der Waals surface area contributed by atoms with Crippen LogP contribution in [-0.4, -0.2) is 14.1 Å². The van der Waals surface area contributed by atoms with Crippen LogP contribution < -0.4 is 0 Å². The van der Waals surface area contributed by atoms with Gasteiger partial charge in [-0.15, -0.1) is 0 Å². The number of allylic oxidation sites excluding steroid dienone is 1. The van der Waals surface area contributed by atoms with Crippen LogP contribution in [0.2, 0.25) is 0 Å². The van der Waals surface area contributed by atoms with E-state index < -0.39 is 0 Å². The van der Waals surface area contributed by atoms with Crippen molar-refractivity contribution in [1.82, 2.24) is 14.1 Å². The third kappa shape index (κ3) is 4.22. The Morgan fingerprint density at radius 1 is 0.566 bits per heavy atom. The Bertz CT molecular complexity index is 3330. The summed E-state index contributed by atoms with van der Waals surface area (Å²) in [5, 5.41) is 7.71. The fraction of sp³-hybridized carbons (Fsp3) is 0.0208. The molecule has 0 fully saturated rings. The molecule has 0 aliphatic carbocycles. The van der Waals surface area contributed by atoms with Gasteiger partial charge < -0.3 is 13.4 Å². The van der Waals surface area contributed by atoms with Gasteiger partial charge in [0.1, 0.15) is 28.1 Å². The highest BCUT2D eigenvalue weighted by molar-refractivity contribution is 6.24. The third-order valence-corrected chi connectivity index (χ3v) is 10.6. The van der Waals surface area contributed by atoms with E-state index in [1.54, 1.807) is 0 Å². The van der Waals surface area contributed by atoms with Gasteiger partial charge in [0.15, 0.2) is 0 Å². The van der Waals surface area contributed by atoms with E-state index >= 15 is 0 Å². The Balaban J connectivity index is 1.11. The van der Waals surface area contributed by atoms with Gasteiger partial charge in [-0.1, -0.05) is 79.4 Å². The lowest BCUT2D eigenvalue weighted by Crippen LogP contribution is -1.98. The number of rotatable bonds is 5. The Morgan fingerprint density at radius 2 is 1.28 bits per heavy atom. The van der Waals surface area contributed by atoms with Crippen LogP contribution in [0.3, 0.4) is 0 Å². The van der Waals surface area contributed by atoms with Gasteiger partial charge in [0.2, 0.25) is 0 Å². The molecule has 11 aromatic rings. The first-order valence-corrected chi connectivity index (χ1v) is 17.9. The maximum atomic E-state index is 6.78. The molecule has 6 aromatic carbocycles. The van der Waals surface area contributed by atoms with E-state index in [4.69, 9.17) is 13.8 Å². The summed E-state index contributed by atoms with van der Waals surface area (Å²) in [5.74, 6) is 0.845. The molecule has 0 aliphatic rings. The first-order chi connectivity index (χ1) is 26.2. The van der Waals surface area contributed by atoms with Gasteiger partial charge in [0.05, 0.1) is 33.3 Å². The van der Waals surface area contributed by atoms with Crippen molar-refractivity contribution >= 4 is 88.7 Å². The second-order valence-corrected chi connectivity index (χ2v) is 13.5. The van der Waals surface area contributed by atoms with Gasteiger partial charge in [0, 0.05) is 49.1 Å². The maximum Gasteiger partial charge on any atom is 0.145 e. The van der Waals surface area contributed by atoms with E-state index in [1.807, 2.05) is 30.3 Å². The Morgan fingerprint density at radius 3 is 2.13 bits per heavy atom. The summed E-state index contributed by atoms with van der Waals surface area (Å²) in [6, 6.07) is 48.7. The minimum absolute atomic E-state index is 0.845. The molecule has 5 heterocycles. The number of fused-ring (bicyclic) bond motifs is 11. The molecule has 0 radical (unpaired) electrons. The number of aromatic nitrogens is 3. The Hall–Kier alpha value is -7.11. The van der Waals surface area contributed by atoms with Crippen molar-refractivity contribution in [1.29, 1.82) is 0 Å². The molecule has 5 aromatic heterocycles. The van der Waals surface area contributed by atoms with Crippen molar-refractivity contribution in [3.8, 4) is 22.8 Å². The van der Waals surface area contributed by atoms with E-state index in [0.717, 1.165) is 105 Å². The Labute approximate surface area is 303 Å². The van der Waals surface area contributed by atoms with Crippen LogP contribution in [0.15, 0.2) is 161 Å². The van der Waals surface area contributed by atoms with Crippen LogP contribution in [0.1, 0.15) is 18.2 Å². The van der Waals surface area contributed by atoms with Crippen LogP contribution in [-0.2, 0) is 0 Å². The highest BCUT2D eigenvalue weighted by Crippen LogP contribution is 2.42. The van der Waals surface area contributed by atoms with Crippen LogP contribution >= 0.6 is 0 Å². The number of hydrogen-bond donors (Lipinski definition) is 0. The van der Waals surface area contributed by atoms with Crippen LogP contribution in [0.4, 0.5) is 0 Å². The second kappa shape index (κ2) is 11.2. The van der Waals surface area contributed by atoms with E-state index in [0.29, 0.717) is 0 Å². The van der Waals surface area contributed by atoms with Crippen LogP contribution in [0, 0.1) is 0 Å². The molecule has 0 spiro atoms. The highest BCUT2D eigenvalue weighted by atomic mass is 16.3. The van der Waals surface area contributed by atoms with Crippen molar-refractivity contribution in [3.63, 3.8) is 0 Å². The molecule has 0 atom stereocenters. The molecule has 5 nitrogen and oxygen atoms in total. The number of furan rings is 2. The van der Waals surface area contributed by atoms with Gasteiger partial charge in [-0.2, -0.15) is 0 Å². The molecule has 0 aliphatic heterocycles. The summed E-state index contributed by atoms with van der Waals surface area (Å²) < 4.78 is 17.5. The summed E-state index contributed by atoms with van der Waals surface area (Å²) in [5.41, 5.74) is 12.0. The predicted molar refractivity (Wildman–Crippen MR) is 220 cm³/mol. The van der Waals surface area contributed by atoms with Crippen LogP contribution in [0.5, 0.6) is 0 Å². The number of para-hydroxylation sites is 3. The SMILES string of the molecule is C=Cc1c(/C=C\C)n(-c2ccc3oc4c(ccc5c4c4ccccc4n5-c4cccc(-c5ccc6oc7ccccc7c6c5)n4)c3c2)c2ccccc12. The smallest absolute Gasteiger partial charge is 0.145 e. The van der Waals surface area contributed by atoms with E-state index in [2.05, 4.69) is 150 Å². The van der Waals surface area contributed by atoms with E-state index in [1.165, 1.54) is 5.39 Å². The van der Waals surface area contributed by atoms with E-state index in [9.17, 15) is 0 Å². The summed E-state index contributed by atoms with van der Waals surface area (Å²) in [6.45, 7) is 6.21. The van der Waals surface area contributed by atoms with Gasteiger partial charge >= 0.3 is 0 Å². The van der Waals surface area contributed by atoms with Crippen molar-refractivity contribution in [2.75, 3.05) is 0 Å². The minimum Gasteiger partial charge on any atom is -0.456 e. The molecular formula is C48H31N3O2. The molecule has 0 unspecified atom stereocenters. The first-order valence-electron chi connectivity index (χ1n) is 17.9. The normalized spacial score (nSPS) is 12.2. The van der Waals surface area contributed by atoms with Gasteiger partial charge in [-0.05, 0) is 91.9 Å². The number of hydrogen-bond acceptors (Lipinski definition) is 3. The zero-order valence-electron chi connectivity index (χ0n) is 28.9. The quantitative estimate of drug-likeness (QED) is 0.182. The molecule has 250 valence electrons. The molecule has 0 bridgehead atoms. The van der Waals surface area contributed by atoms with Crippen molar-refractivity contribution in [2.45, 2.75) is 6.92 Å². The number of benzene rings is 6. The first kappa shape index (κ1) is 29.6. The molecule has 0 saturated carbocycles. The van der Waals surface area contributed by atoms with Crippen LogP contribution in [0.25, 0.3) is 112 Å². The minimum atomic E-state index is 0.845. The largest absolute Gasteiger partial charge is 0.456 e. The van der Waals surface area contributed by atoms with Gasteiger partial charge in [-0.25, -0.2) is 4.98 Å². The second-order valence-electron chi connectivity index (χ2n) is 13.5. The Kier molecular flexibility index (Phi) is 6.25. The van der Waals surface area contributed by atoms with Crippen molar-refractivity contribution in [2.24, 2.45) is 0 Å². The summed E-state index contributed by atoms with van der Waals surface area (Å²) in [7, 11) is 0. The fourth-order valence-electron chi connectivity index (χ4n) is 8.35. The van der Waals surface area contributed by atoms with Gasteiger partial charge in [0.25, 0.3) is 0 Å². The number of nitrogens with zero attached hydrogens (tertiary/aromatic N) is 3. The van der Waals surface area contributed by atoms with E-state index in [-0.39, 0.29) is 0 Å². The number of pyridine rings is 1. The average Bonchev–Trinajstić information content (AvgIpc) is 3.95.